The van der Waals surface area contributed by atoms with Crippen molar-refractivity contribution in [3.63, 3.8) is 0 Å². The molecular formula is C12H19N5O2. The molecule has 0 radical (unpaired) electrons. The molecule has 1 aliphatic heterocycles. The van der Waals surface area contributed by atoms with Gasteiger partial charge in [-0.05, 0) is 6.92 Å². The largest absolute Gasteiger partial charge is 0.395 e. The van der Waals surface area contributed by atoms with Crippen molar-refractivity contribution in [2.75, 3.05) is 50.1 Å². The minimum absolute atomic E-state index is 0.0474. The highest BCUT2D eigenvalue weighted by Gasteiger charge is 2.23. The zero-order valence-electron chi connectivity index (χ0n) is 11.3. The molecule has 104 valence electrons. The first-order valence-corrected chi connectivity index (χ1v) is 6.28. The van der Waals surface area contributed by atoms with Crippen LogP contribution in [-0.2, 0) is 4.79 Å². The van der Waals surface area contributed by atoms with Crippen molar-refractivity contribution in [1.82, 2.24) is 14.9 Å². The monoisotopic (exact) mass is 265 g/mol. The predicted molar refractivity (Wildman–Crippen MR) is 72.2 cm³/mol. The number of anilines is 2. The van der Waals surface area contributed by atoms with Gasteiger partial charge in [0, 0.05) is 32.2 Å². The lowest BCUT2D eigenvalue weighted by molar-refractivity contribution is -0.129. The average Bonchev–Trinajstić information content (AvgIpc) is 2.41. The van der Waals surface area contributed by atoms with E-state index in [2.05, 4.69) is 15.3 Å². The number of hydrogen-bond donors (Lipinski definition) is 2. The van der Waals surface area contributed by atoms with Crippen LogP contribution in [-0.4, -0.2) is 65.7 Å². The number of aliphatic hydroxyl groups excluding tert-OH is 1. The molecule has 2 rings (SSSR count). The third-order valence-electron chi connectivity index (χ3n) is 3.22. The number of carbonyl (C=O) groups is 1. The highest BCUT2D eigenvalue weighted by molar-refractivity contribution is 5.82. The van der Waals surface area contributed by atoms with Crippen LogP contribution in [0.5, 0.6) is 0 Å². The first kappa shape index (κ1) is 13.5. The molecule has 1 aromatic heterocycles. The van der Waals surface area contributed by atoms with Crippen molar-refractivity contribution in [2.45, 2.75) is 6.92 Å². The Kier molecular flexibility index (Phi) is 4.16. The Morgan fingerprint density at radius 3 is 2.89 bits per heavy atom. The van der Waals surface area contributed by atoms with E-state index < -0.39 is 0 Å². The number of amides is 1. The van der Waals surface area contributed by atoms with Gasteiger partial charge in [0.15, 0.2) is 0 Å². The Balaban J connectivity index is 2.18. The van der Waals surface area contributed by atoms with Gasteiger partial charge >= 0.3 is 0 Å². The number of likely N-dealkylation sites (N-methyl/N-ethyl adjacent to an activating group) is 1. The number of nitrogens with zero attached hydrogens (tertiary/aromatic N) is 4. The molecular weight excluding hydrogens is 246 g/mol. The zero-order chi connectivity index (χ0) is 13.8. The van der Waals surface area contributed by atoms with Crippen LogP contribution in [0.25, 0.3) is 0 Å². The molecule has 2 heterocycles. The lowest BCUT2D eigenvalue weighted by atomic mass is 10.2. The number of aromatic nitrogens is 2. The third kappa shape index (κ3) is 2.93. The topological polar surface area (TPSA) is 81.6 Å². The molecule has 0 aliphatic carbocycles. The summed E-state index contributed by atoms with van der Waals surface area (Å²) in [6.45, 7) is 4.21. The maximum absolute atomic E-state index is 11.7. The quantitative estimate of drug-likeness (QED) is 0.761. The van der Waals surface area contributed by atoms with E-state index in [9.17, 15) is 4.79 Å². The van der Waals surface area contributed by atoms with Crippen LogP contribution in [0.15, 0.2) is 6.33 Å². The van der Waals surface area contributed by atoms with Gasteiger partial charge in [0.25, 0.3) is 0 Å². The molecule has 1 amide bonds. The predicted octanol–water partition coefficient (Wildman–Crippen LogP) is -0.532. The highest BCUT2D eigenvalue weighted by Crippen LogP contribution is 2.23. The van der Waals surface area contributed by atoms with E-state index in [1.54, 1.807) is 11.9 Å². The first-order chi connectivity index (χ1) is 9.13. The summed E-state index contributed by atoms with van der Waals surface area (Å²) in [4.78, 5) is 23.8. The van der Waals surface area contributed by atoms with Gasteiger partial charge in [-0.2, -0.15) is 0 Å². The van der Waals surface area contributed by atoms with E-state index in [-0.39, 0.29) is 12.5 Å². The van der Waals surface area contributed by atoms with Crippen LogP contribution >= 0.6 is 0 Å². The van der Waals surface area contributed by atoms with Gasteiger partial charge in [0.2, 0.25) is 5.91 Å². The van der Waals surface area contributed by atoms with Crippen LogP contribution in [0.1, 0.15) is 5.56 Å². The molecule has 0 saturated carbocycles. The molecule has 0 atom stereocenters. The zero-order valence-corrected chi connectivity index (χ0v) is 11.3. The first-order valence-electron chi connectivity index (χ1n) is 6.28. The number of rotatable bonds is 4. The molecule has 2 N–H and O–H groups in total. The molecule has 1 aliphatic rings. The number of hydrogen-bond acceptors (Lipinski definition) is 6. The molecule has 7 heteroatoms. The fraction of sp³-hybridized carbons (Fsp3) is 0.583. The summed E-state index contributed by atoms with van der Waals surface area (Å²) in [6.07, 6.45) is 1.48. The second-order valence-corrected chi connectivity index (χ2v) is 4.56. The number of piperazine rings is 1. The van der Waals surface area contributed by atoms with Crippen LogP contribution in [0.3, 0.4) is 0 Å². The van der Waals surface area contributed by atoms with Crippen molar-refractivity contribution in [2.24, 2.45) is 0 Å². The van der Waals surface area contributed by atoms with Gasteiger partial charge in [-0.25, -0.2) is 9.97 Å². The Labute approximate surface area is 112 Å². The van der Waals surface area contributed by atoms with Crippen molar-refractivity contribution in [3.8, 4) is 0 Å². The summed E-state index contributed by atoms with van der Waals surface area (Å²) in [6, 6.07) is 0. The minimum Gasteiger partial charge on any atom is -0.395 e. The van der Waals surface area contributed by atoms with E-state index >= 15 is 0 Å². The van der Waals surface area contributed by atoms with Crippen LogP contribution in [0.4, 0.5) is 11.6 Å². The van der Waals surface area contributed by atoms with E-state index in [0.717, 1.165) is 17.9 Å². The highest BCUT2D eigenvalue weighted by atomic mass is 16.3. The van der Waals surface area contributed by atoms with Gasteiger partial charge in [0.05, 0.1) is 13.2 Å². The summed E-state index contributed by atoms with van der Waals surface area (Å²) in [5.41, 5.74) is 0.897. The van der Waals surface area contributed by atoms with E-state index in [1.165, 1.54) is 6.33 Å². The fourth-order valence-electron chi connectivity index (χ4n) is 2.05. The minimum atomic E-state index is 0.0474. The van der Waals surface area contributed by atoms with Gasteiger partial charge < -0.3 is 20.2 Å². The van der Waals surface area contributed by atoms with E-state index in [0.29, 0.717) is 25.5 Å². The normalized spacial score (nSPS) is 15.8. The van der Waals surface area contributed by atoms with E-state index in [1.807, 2.05) is 11.8 Å². The van der Waals surface area contributed by atoms with Gasteiger partial charge in [-0.3, -0.25) is 4.79 Å². The molecule has 0 unspecified atom stereocenters. The second kappa shape index (κ2) is 5.83. The molecule has 7 nitrogen and oxygen atoms in total. The van der Waals surface area contributed by atoms with Crippen molar-refractivity contribution in [1.29, 1.82) is 0 Å². The number of nitrogens with one attached hydrogen (secondary N) is 1. The van der Waals surface area contributed by atoms with Gasteiger partial charge in [-0.1, -0.05) is 0 Å². The molecule has 0 aromatic carbocycles. The Bertz CT molecular complexity index is 465. The number of carbonyl (C=O) groups excluding carboxylic acids is 1. The maximum atomic E-state index is 11.7. The third-order valence-corrected chi connectivity index (χ3v) is 3.22. The second-order valence-electron chi connectivity index (χ2n) is 4.56. The summed E-state index contributed by atoms with van der Waals surface area (Å²) in [7, 11) is 1.81. The summed E-state index contributed by atoms with van der Waals surface area (Å²) in [5, 5.41) is 11.9. The molecule has 0 bridgehead atoms. The van der Waals surface area contributed by atoms with E-state index in [4.69, 9.17) is 5.11 Å². The Hall–Kier alpha value is -1.89. The lowest BCUT2D eigenvalue weighted by Gasteiger charge is -2.33. The van der Waals surface area contributed by atoms with Crippen LogP contribution < -0.4 is 10.2 Å². The molecule has 1 saturated heterocycles. The molecule has 0 spiro atoms. The average molecular weight is 265 g/mol. The summed E-state index contributed by atoms with van der Waals surface area (Å²) < 4.78 is 0. The Morgan fingerprint density at radius 2 is 2.21 bits per heavy atom. The maximum Gasteiger partial charge on any atom is 0.241 e. The molecule has 1 fully saturated rings. The summed E-state index contributed by atoms with van der Waals surface area (Å²) >= 11 is 0. The summed E-state index contributed by atoms with van der Waals surface area (Å²) in [5.74, 6) is 1.57. The van der Waals surface area contributed by atoms with Crippen molar-refractivity contribution in [3.05, 3.63) is 11.9 Å². The van der Waals surface area contributed by atoms with Crippen LogP contribution in [0, 0.1) is 6.92 Å². The van der Waals surface area contributed by atoms with Crippen molar-refractivity contribution < 1.29 is 9.90 Å². The molecule has 1 aromatic rings. The van der Waals surface area contributed by atoms with Gasteiger partial charge in [0.1, 0.15) is 18.0 Å². The number of aliphatic hydroxyl groups is 1. The molecule has 19 heavy (non-hydrogen) atoms. The standard InChI is InChI=1S/C12H19N5O2/c1-9-11(13-3-6-18)14-8-15-12(9)17-5-4-16(2)10(19)7-17/h8,18H,3-7H2,1-2H3,(H,13,14,15). The Morgan fingerprint density at radius 1 is 1.42 bits per heavy atom. The lowest BCUT2D eigenvalue weighted by Crippen LogP contribution is -2.49. The van der Waals surface area contributed by atoms with Crippen LogP contribution in [0.2, 0.25) is 0 Å². The SMILES string of the molecule is Cc1c(NCCO)ncnc1N1CCN(C)C(=O)C1. The van der Waals surface area contributed by atoms with Gasteiger partial charge in [-0.15, -0.1) is 0 Å². The fourth-order valence-corrected chi connectivity index (χ4v) is 2.05. The van der Waals surface area contributed by atoms with Crippen molar-refractivity contribution >= 4 is 17.5 Å². The smallest absolute Gasteiger partial charge is 0.241 e.